The normalized spacial score (nSPS) is 11.4. The van der Waals surface area contributed by atoms with E-state index in [0.29, 0.717) is 6.42 Å². The molecule has 1 heterocycles. The fourth-order valence-electron chi connectivity index (χ4n) is 1.12. The van der Waals surface area contributed by atoms with Crippen molar-refractivity contribution < 1.29 is 9.90 Å². The van der Waals surface area contributed by atoms with Crippen molar-refractivity contribution in [1.29, 1.82) is 0 Å². The summed E-state index contributed by atoms with van der Waals surface area (Å²) in [6, 6.07) is 3.79. The molecule has 1 rings (SSSR count). The zero-order valence-corrected chi connectivity index (χ0v) is 8.10. The third-order valence-electron chi connectivity index (χ3n) is 1.85. The molecule has 0 amide bonds. The molecule has 0 aliphatic carbocycles. The summed E-state index contributed by atoms with van der Waals surface area (Å²) < 4.78 is 0. The molecule has 74 valence electrons. The molecule has 0 atom stereocenters. The highest BCUT2D eigenvalue weighted by atomic mass is 16.4. The highest BCUT2D eigenvalue weighted by Crippen LogP contribution is 2.09. The number of aliphatic carboxylic acids is 1. The Kier molecular flexibility index (Phi) is 3.85. The number of nitrogens with zero attached hydrogens (tertiary/aromatic N) is 1. The van der Waals surface area contributed by atoms with Gasteiger partial charge in [-0.1, -0.05) is 11.6 Å². The number of hydrogen-bond donors (Lipinski definition) is 1. The van der Waals surface area contributed by atoms with E-state index >= 15 is 0 Å². The molecule has 0 aliphatic heterocycles. The van der Waals surface area contributed by atoms with Crippen LogP contribution < -0.4 is 0 Å². The minimum absolute atomic E-state index is 0.188. The predicted molar refractivity (Wildman–Crippen MR) is 54.8 cm³/mol. The average molecular weight is 191 g/mol. The predicted octanol–water partition coefficient (Wildman–Crippen LogP) is 2.35. The molecule has 0 spiro atoms. The van der Waals surface area contributed by atoms with Gasteiger partial charge in [0.2, 0.25) is 0 Å². The third kappa shape index (κ3) is 3.85. The number of carboxylic acids is 1. The van der Waals surface area contributed by atoms with Gasteiger partial charge in [0.15, 0.2) is 0 Å². The molecule has 0 saturated carbocycles. The van der Waals surface area contributed by atoms with E-state index in [1.54, 1.807) is 12.4 Å². The van der Waals surface area contributed by atoms with Gasteiger partial charge in [-0.25, -0.2) is 0 Å². The Balaban J connectivity index is 2.56. The van der Waals surface area contributed by atoms with Crippen molar-refractivity contribution >= 4 is 12.0 Å². The number of carboxylic acid groups (broad SMARTS) is 1. The van der Waals surface area contributed by atoms with E-state index in [9.17, 15) is 4.79 Å². The molecule has 3 nitrogen and oxygen atoms in total. The van der Waals surface area contributed by atoms with Gasteiger partial charge < -0.3 is 5.11 Å². The van der Waals surface area contributed by atoms with Gasteiger partial charge in [0, 0.05) is 18.8 Å². The molecule has 1 N–H and O–H groups in total. The number of hydrogen-bond acceptors (Lipinski definition) is 2. The van der Waals surface area contributed by atoms with E-state index in [2.05, 4.69) is 4.98 Å². The number of aromatic nitrogens is 1. The van der Waals surface area contributed by atoms with E-state index < -0.39 is 5.97 Å². The van der Waals surface area contributed by atoms with Crippen molar-refractivity contribution in [3.63, 3.8) is 0 Å². The first kappa shape index (κ1) is 10.4. The van der Waals surface area contributed by atoms with E-state index in [1.165, 1.54) is 0 Å². The summed E-state index contributed by atoms with van der Waals surface area (Å²) in [5, 5.41) is 8.49. The molecular formula is C11H13NO2. The van der Waals surface area contributed by atoms with Crippen LogP contribution in [0.3, 0.4) is 0 Å². The monoisotopic (exact) mass is 191 g/mol. The van der Waals surface area contributed by atoms with Crippen LogP contribution in [0.25, 0.3) is 6.08 Å². The Bertz CT molecular complexity index is 330. The Morgan fingerprint density at radius 3 is 2.64 bits per heavy atom. The van der Waals surface area contributed by atoms with Gasteiger partial charge in [0.25, 0.3) is 0 Å². The van der Waals surface area contributed by atoms with E-state index in [4.69, 9.17) is 5.11 Å². The van der Waals surface area contributed by atoms with Crippen molar-refractivity contribution in [2.24, 2.45) is 0 Å². The van der Waals surface area contributed by atoms with E-state index in [0.717, 1.165) is 11.1 Å². The molecule has 1 aromatic heterocycles. The van der Waals surface area contributed by atoms with Crippen molar-refractivity contribution in [3.05, 3.63) is 35.7 Å². The average Bonchev–Trinajstić information content (AvgIpc) is 2.16. The zero-order chi connectivity index (χ0) is 10.4. The molecule has 0 unspecified atom stereocenters. The maximum atomic E-state index is 10.3. The lowest BCUT2D eigenvalue weighted by atomic mass is 10.1. The second-order valence-corrected chi connectivity index (χ2v) is 3.16. The largest absolute Gasteiger partial charge is 0.481 e. The van der Waals surface area contributed by atoms with Crippen molar-refractivity contribution in [1.82, 2.24) is 4.98 Å². The fraction of sp³-hybridized carbons (Fsp3) is 0.273. The van der Waals surface area contributed by atoms with Gasteiger partial charge in [0.05, 0.1) is 0 Å². The van der Waals surface area contributed by atoms with Crippen LogP contribution in [0.2, 0.25) is 0 Å². The molecule has 0 radical (unpaired) electrons. The topological polar surface area (TPSA) is 50.2 Å². The summed E-state index contributed by atoms with van der Waals surface area (Å²) in [4.78, 5) is 14.2. The molecule has 0 fully saturated rings. The summed E-state index contributed by atoms with van der Waals surface area (Å²) in [7, 11) is 0. The number of allylic oxidation sites excluding steroid dienone is 1. The molecule has 0 aromatic carbocycles. The minimum atomic E-state index is -0.757. The summed E-state index contributed by atoms with van der Waals surface area (Å²) in [6.07, 6.45) is 6.20. The zero-order valence-electron chi connectivity index (χ0n) is 8.10. The SMILES string of the molecule is C/C(=C\c1ccncc1)CCC(=O)O. The molecule has 0 bridgehead atoms. The van der Waals surface area contributed by atoms with Crippen LogP contribution in [0.5, 0.6) is 0 Å². The summed E-state index contributed by atoms with van der Waals surface area (Å²) in [5.74, 6) is -0.757. The van der Waals surface area contributed by atoms with Crippen LogP contribution in [0.1, 0.15) is 25.3 Å². The van der Waals surface area contributed by atoms with Crippen molar-refractivity contribution in [3.8, 4) is 0 Å². The van der Waals surface area contributed by atoms with Gasteiger partial charge in [-0.05, 0) is 31.0 Å². The van der Waals surface area contributed by atoms with Crippen molar-refractivity contribution in [2.75, 3.05) is 0 Å². The fourth-order valence-corrected chi connectivity index (χ4v) is 1.12. The Hall–Kier alpha value is -1.64. The highest BCUT2D eigenvalue weighted by Gasteiger charge is 1.97. The van der Waals surface area contributed by atoms with Crippen LogP contribution in [0.15, 0.2) is 30.1 Å². The molecule has 14 heavy (non-hydrogen) atoms. The lowest BCUT2D eigenvalue weighted by molar-refractivity contribution is -0.136. The standard InChI is InChI=1S/C11H13NO2/c1-9(2-3-11(13)14)8-10-4-6-12-7-5-10/h4-8H,2-3H2,1H3,(H,13,14)/b9-8+. The van der Waals surface area contributed by atoms with Gasteiger partial charge in [-0.15, -0.1) is 0 Å². The first-order valence-electron chi connectivity index (χ1n) is 4.47. The second-order valence-electron chi connectivity index (χ2n) is 3.16. The maximum absolute atomic E-state index is 10.3. The molecule has 0 saturated heterocycles. The first-order valence-corrected chi connectivity index (χ1v) is 4.47. The highest BCUT2D eigenvalue weighted by molar-refractivity contribution is 5.67. The van der Waals surface area contributed by atoms with Crippen LogP contribution in [0.4, 0.5) is 0 Å². The molecular weight excluding hydrogens is 178 g/mol. The molecule has 3 heteroatoms. The van der Waals surface area contributed by atoms with Gasteiger partial charge in [-0.2, -0.15) is 0 Å². The summed E-state index contributed by atoms with van der Waals surface area (Å²) in [5.41, 5.74) is 2.13. The van der Waals surface area contributed by atoms with Gasteiger partial charge >= 0.3 is 5.97 Å². The lowest BCUT2D eigenvalue weighted by Gasteiger charge is -1.98. The Morgan fingerprint density at radius 2 is 2.07 bits per heavy atom. The second kappa shape index (κ2) is 5.17. The smallest absolute Gasteiger partial charge is 0.303 e. The van der Waals surface area contributed by atoms with Gasteiger partial charge in [0.1, 0.15) is 0 Å². The van der Waals surface area contributed by atoms with Crippen LogP contribution in [-0.2, 0) is 4.79 Å². The van der Waals surface area contributed by atoms with Crippen LogP contribution in [-0.4, -0.2) is 16.1 Å². The maximum Gasteiger partial charge on any atom is 0.303 e. The molecule has 0 aliphatic rings. The number of pyridine rings is 1. The minimum Gasteiger partial charge on any atom is -0.481 e. The quantitative estimate of drug-likeness (QED) is 0.794. The lowest BCUT2D eigenvalue weighted by Crippen LogP contribution is -1.94. The first-order chi connectivity index (χ1) is 6.68. The van der Waals surface area contributed by atoms with Crippen LogP contribution in [0, 0.1) is 0 Å². The van der Waals surface area contributed by atoms with E-state index in [-0.39, 0.29) is 6.42 Å². The Morgan fingerprint density at radius 1 is 1.43 bits per heavy atom. The Labute approximate surface area is 83.1 Å². The third-order valence-corrected chi connectivity index (χ3v) is 1.85. The number of carbonyl (C=O) groups is 1. The summed E-state index contributed by atoms with van der Waals surface area (Å²) >= 11 is 0. The van der Waals surface area contributed by atoms with Crippen molar-refractivity contribution in [2.45, 2.75) is 19.8 Å². The number of rotatable bonds is 4. The summed E-state index contributed by atoms with van der Waals surface area (Å²) in [6.45, 7) is 1.93. The molecule has 1 aromatic rings. The van der Waals surface area contributed by atoms with Crippen LogP contribution >= 0.6 is 0 Å². The van der Waals surface area contributed by atoms with Gasteiger partial charge in [-0.3, -0.25) is 9.78 Å². The van der Waals surface area contributed by atoms with E-state index in [1.807, 2.05) is 25.1 Å².